The molecule has 0 radical (unpaired) electrons. The fraction of sp³-hybridized carbons (Fsp3) is 0.308. The van der Waals surface area contributed by atoms with E-state index in [1.165, 1.54) is 0 Å². The molecule has 0 saturated heterocycles. The van der Waals surface area contributed by atoms with Crippen LogP contribution in [0.1, 0.15) is 16.8 Å². The molecule has 0 bridgehead atoms. The lowest BCUT2D eigenvalue weighted by Gasteiger charge is -2.05. The number of nitrogens with one attached hydrogen (secondary N) is 2. The normalized spacial score (nSPS) is 10.4. The molecule has 0 aliphatic rings. The van der Waals surface area contributed by atoms with Crippen molar-refractivity contribution in [2.75, 3.05) is 13.1 Å². The second kappa shape index (κ2) is 5.99. The van der Waals surface area contributed by atoms with E-state index in [0.717, 1.165) is 11.0 Å². The first-order valence-corrected chi connectivity index (χ1v) is 6.08. The molecule has 100 valence electrons. The Labute approximate surface area is 110 Å². The second-order valence-corrected chi connectivity index (χ2v) is 4.24. The topological polar surface area (TPSA) is 76.0 Å². The number of imidazole rings is 1. The van der Waals surface area contributed by atoms with Gasteiger partial charge in [-0.25, -0.2) is 4.98 Å². The molecule has 2 amide bonds. The predicted molar refractivity (Wildman–Crippen MR) is 71.7 cm³/mol. The molecule has 0 spiro atoms. The van der Waals surface area contributed by atoms with Crippen LogP contribution < -0.4 is 10.6 Å². The largest absolute Gasteiger partial charge is 0.359 e. The van der Waals surface area contributed by atoms with Crippen molar-refractivity contribution in [3.63, 3.8) is 0 Å². The first-order chi connectivity index (χ1) is 9.22. The lowest BCUT2D eigenvalue weighted by molar-refractivity contribution is -0.109. The molecule has 2 rings (SSSR count). The first-order valence-electron chi connectivity index (χ1n) is 6.08. The smallest absolute Gasteiger partial charge is 0.251 e. The van der Waals surface area contributed by atoms with Gasteiger partial charge in [-0.15, -0.1) is 0 Å². The highest BCUT2D eigenvalue weighted by Gasteiger charge is 2.07. The van der Waals surface area contributed by atoms with Crippen LogP contribution in [0.4, 0.5) is 0 Å². The lowest BCUT2D eigenvalue weighted by Crippen LogP contribution is -2.27. The third-order valence-electron chi connectivity index (χ3n) is 2.85. The number of rotatable bonds is 6. The van der Waals surface area contributed by atoms with E-state index >= 15 is 0 Å². The number of aryl methyl sites for hydroxylation is 1. The maximum Gasteiger partial charge on any atom is 0.251 e. The lowest BCUT2D eigenvalue weighted by atomic mass is 10.2. The van der Waals surface area contributed by atoms with E-state index < -0.39 is 0 Å². The van der Waals surface area contributed by atoms with Crippen LogP contribution in [0.15, 0.2) is 24.5 Å². The third-order valence-corrected chi connectivity index (χ3v) is 2.85. The molecule has 0 aliphatic carbocycles. The van der Waals surface area contributed by atoms with Crippen molar-refractivity contribution in [3.8, 4) is 0 Å². The molecule has 2 N–H and O–H groups in total. The Morgan fingerprint density at radius 1 is 1.42 bits per heavy atom. The van der Waals surface area contributed by atoms with Gasteiger partial charge in [-0.05, 0) is 24.6 Å². The van der Waals surface area contributed by atoms with Crippen molar-refractivity contribution in [2.45, 2.75) is 6.42 Å². The summed E-state index contributed by atoms with van der Waals surface area (Å²) >= 11 is 0. The predicted octanol–water partition coefficient (Wildman–Crippen LogP) is 0.439. The maximum absolute atomic E-state index is 11.9. The van der Waals surface area contributed by atoms with Crippen LogP contribution in [0.25, 0.3) is 11.0 Å². The number of benzene rings is 1. The summed E-state index contributed by atoms with van der Waals surface area (Å²) in [6.45, 7) is 1.09. The summed E-state index contributed by atoms with van der Waals surface area (Å²) in [5.74, 6) is -0.116. The summed E-state index contributed by atoms with van der Waals surface area (Å²) in [6, 6.07) is 5.41. The summed E-state index contributed by atoms with van der Waals surface area (Å²) in [7, 11) is 1.89. The number of carbonyl (C=O) groups is 2. The van der Waals surface area contributed by atoms with Crippen LogP contribution in [0.5, 0.6) is 0 Å². The molecule has 0 aliphatic heterocycles. The Hall–Kier alpha value is -2.37. The van der Waals surface area contributed by atoms with E-state index in [1.807, 2.05) is 23.7 Å². The monoisotopic (exact) mass is 260 g/mol. The first kappa shape index (κ1) is 13.1. The van der Waals surface area contributed by atoms with Gasteiger partial charge in [-0.2, -0.15) is 0 Å². The highest BCUT2D eigenvalue weighted by molar-refractivity contribution is 5.97. The van der Waals surface area contributed by atoms with Crippen molar-refractivity contribution in [3.05, 3.63) is 30.1 Å². The van der Waals surface area contributed by atoms with Gasteiger partial charge in [-0.1, -0.05) is 0 Å². The van der Waals surface area contributed by atoms with Gasteiger partial charge in [0.15, 0.2) is 0 Å². The quantitative estimate of drug-likeness (QED) is 0.584. The SMILES string of the molecule is Cn1cnc2ccc(C(=O)NCCCNC=O)cc21. The van der Waals surface area contributed by atoms with Crippen molar-refractivity contribution < 1.29 is 9.59 Å². The zero-order valence-electron chi connectivity index (χ0n) is 10.7. The standard InChI is InChI=1S/C13H16N4O2/c1-17-8-16-11-4-3-10(7-12(11)17)13(19)15-6-2-5-14-9-18/h3-4,7-9H,2,5-6H2,1H3,(H,14,18)(H,15,19). The fourth-order valence-electron chi connectivity index (χ4n) is 1.82. The number of fused-ring (bicyclic) bond motifs is 1. The molecule has 2 aromatic rings. The molecule has 0 unspecified atom stereocenters. The molecule has 0 atom stereocenters. The van der Waals surface area contributed by atoms with E-state index in [9.17, 15) is 9.59 Å². The minimum absolute atomic E-state index is 0.116. The molecule has 0 fully saturated rings. The van der Waals surface area contributed by atoms with Crippen LogP contribution in [0.3, 0.4) is 0 Å². The maximum atomic E-state index is 11.9. The van der Waals surface area contributed by atoms with Gasteiger partial charge in [0.05, 0.1) is 17.4 Å². The number of aromatic nitrogens is 2. The second-order valence-electron chi connectivity index (χ2n) is 4.24. The number of amides is 2. The Kier molecular flexibility index (Phi) is 4.12. The molecule has 1 aromatic carbocycles. The van der Waals surface area contributed by atoms with Crippen LogP contribution in [-0.4, -0.2) is 35.0 Å². The summed E-state index contributed by atoms with van der Waals surface area (Å²) in [6.07, 6.45) is 3.08. The Bertz CT molecular complexity index is 591. The van der Waals surface area contributed by atoms with Crippen LogP contribution in [0, 0.1) is 0 Å². The van der Waals surface area contributed by atoms with Gasteiger partial charge in [0.1, 0.15) is 0 Å². The summed E-state index contributed by atoms with van der Waals surface area (Å²) in [5.41, 5.74) is 2.41. The Balaban J connectivity index is 1.97. The van der Waals surface area contributed by atoms with Gasteiger partial charge >= 0.3 is 0 Å². The van der Waals surface area contributed by atoms with Crippen LogP contribution in [-0.2, 0) is 11.8 Å². The molecule has 0 saturated carbocycles. The minimum atomic E-state index is -0.116. The van der Waals surface area contributed by atoms with Crippen molar-refractivity contribution in [1.29, 1.82) is 0 Å². The van der Waals surface area contributed by atoms with Gasteiger partial charge in [0.25, 0.3) is 5.91 Å². The number of hydrogen-bond donors (Lipinski definition) is 2. The molecular weight excluding hydrogens is 244 g/mol. The number of nitrogens with zero attached hydrogens (tertiary/aromatic N) is 2. The highest BCUT2D eigenvalue weighted by atomic mass is 16.1. The summed E-state index contributed by atoms with van der Waals surface area (Å²) in [4.78, 5) is 26.2. The van der Waals surface area contributed by atoms with E-state index in [2.05, 4.69) is 15.6 Å². The highest BCUT2D eigenvalue weighted by Crippen LogP contribution is 2.13. The van der Waals surface area contributed by atoms with Crippen molar-refractivity contribution in [2.24, 2.45) is 7.05 Å². The van der Waals surface area contributed by atoms with Gasteiger partial charge in [0, 0.05) is 25.7 Å². The van der Waals surface area contributed by atoms with E-state index in [4.69, 9.17) is 0 Å². The number of carbonyl (C=O) groups excluding carboxylic acids is 2. The molecule has 1 heterocycles. The van der Waals surface area contributed by atoms with E-state index in [0.29, 0.717) is 31.5 Å². The van der Waals surface area contributed by atoms with Crippen LogP contribution in [0.2, 0.25) is 0 Å². The van der Waals surface area contributed by atoms with Gasteiger partial charge in [0.2, 0.25) is 6.41 Å². The molecular formula is C13H16N4O2. The average Bonchev–Trinajstić information content (AvgIpc) is 2.79. The van der Waals surface area contributed by atoms with Crippen molar-refractivity contribution >= 4 is 23.4 Å². The molecule has 6 heteroatoms. The molecule has 6 nitrogen and oxygen atoms in total. The third kappa shape index (κ3) is 3.09. The van der Waals surface area contributed by atoms with Gasteiger partial charge in [-0.3, -0.25) is 9.59 Å². The summed E-state index contributed by atoms with van der Waals surface area (Å²) in [5, 5.41) is 5.36. The van der Waals surface area contributed by atoms with Crippen LogP contribution >= 0.6 is 0 Å². The van der Waals surface area contributed by atoms with E-state index in [-0.39, 0.29) is 5.91 Å². The Morgan fingerprint density at radius 3 is 3.05 bits per heavy atom. The zero-order valence-corrected chi connectivity index (χ0v) is 10.7. The zero-order chi connectivity index (χ0) is 13.7. The van der Waals surface area contributed by atoms with Crippen molar-refractivity contribution in [1.82, 2.24) is 20.2 Å². The number of hydrogen-bond acceptors (Lipinski definition) is 3. The average molecular weight is 260 g/mol. The minimum Gasteiger partial charge on any atom is -0.359 e. The van der Waals surface area contributed by atoms with Gasteiger partial charge < -0.3 is 15.2 Å². The molecule has 19 heavy (non-hydrogen) atoms. The fourth-order valence-corrected chi connectivity index (χ4v) is 1.82. The Morgan fingerprint density at radius 2 is 2.26 bits per heavy atom. The summed E-state index contributed by atoms with van der Waals surface area (Å²) < 4.78 is 1.88. The molecule has 1 aromatic heterocycles. The van der Waals surface area contributed by atoms with E-state index in [1.54, 1.807) is 12.4 Å².